The van der Waals surface area contributed by atoms with Crippen molar-refractivity contribution >= 4 is 5.82 Å². The van der Waals surface area contributed by atoms with Gasteiger partial charge in [0.1, 0.15) is 11.6 Å². The van der Waals surface area contributed by atoms with Crippen LogP contribution in [0.3, 0.4) is 0 Å². The van der Waals surface area contributed by atoms with E-state index >= 15 is 0 Å². The molecule has 3 aliphatic rings. The van der Waals surface area contributed by atoms with E-state index in [1.165, 1.54) is 64.5 Å². The second kappa shape index (κ2) is 8.22. The fourth-order valence-corrected chi connectivity index (χ4v) is 5.10. The topological polar surface area (TPSA) is 50.3 Å². The molecule has 1 aliphatic carbocycles. The van der Waals surface area contributed by atoms with Crippen LogP contribution in [0.2, 0.25) is 0 Å². The molecular weight excluding hydrogens is 324 g/mol. The molecule has 1 aromatic heterocycles. The fraction of sp³-hybridized carbons (Fsp3) is 0.810. The zero-order valence-electron chi connectivity index (χ0n) is 16.3. The Kier molecular flexibility index (Phi) is 5.75. The molecule has 26 heavy (non-hydrogen) atoms. The summed E-state index contributed by atoms with van der Waals surface area (Å²) in [5, 5.41) is 3.72. The van der Waals surface area contributed by atoms with Gasteiger partial charge < -0.3 is 10.1 Å². The Labute approximate surface area is 157 Å². The molecule has 0 amide bonds. The Morgan fingerprint density at radius 2 is 1.88 bits per heavy atom. The molecule has 1 atom stereocenters. The van der Waals surface area contributed by atoms with Crippen molar-refractivity contribution in [3.63, 3.8) is 0 Å². The third-order valence-corrected chi connectivity index (χ3v) is 6.62. The van der Waals surface area contributed by atoms with Gasteiger partial charge in [-0.1, -0.05) is 25.7 Å². The molecule has 2 aliphatic heterocycles. The lowest BCUT2D eigenvalue weighted by Crippen LogP contribution is -2.56. The largest absolute Gasteiger partial charge is 0.381 e. The summed E-state index contributed by atoms with van der Waals surface area (Å²) in [6.07, 6.45) is 12.0. The smallest absolute Gasteiger partial charge is 0.130 e. The molecule has 2 saturated heterocycles. The summed E-state index contributed by atoms with van der Waals surface area (Å²) in [7, 11) is 0. The van der Waals surface area contributed by atoms with Crippen molar-refractivity contribution in [1.82, 2.24) is 14.9 Å². The van der Waals surface area contributed by atoms with E-state index in [0.717, 1.165) is 43.5 Å². The van der Waals surface area contributed by atoms with Crippen molar-refractivity contribution in [3.05, 3.63) is 17.6 Å². The van der Waals surface area contributed by atoms with Gasteiger partial charge in [0.15, 0.2) is 0 Å². The molecule has 3 fully saturated rings. The van der Waals surface area contributed by atoms with Gasteiger partial charge in [-0.05, 0) is 52.1 Å². The molecule has 0 spiro atoms. The van der Waals surface area contributed by atoms with Crippen LogP contribution in [0.1, 0.15) is 75.2 Å². The predicted molar refractivity (Wildman–Crippen MR) is 105 cm³/mol. The third kappa shape index (κ3) is 4.04. The molecule has 0 radical (unpaired) electrons. The van der Waals surface area contributed by atoms with E-state index in [1.807, 2.05) is 6.92 Å². The number of nitrogens with one attached hydrogen (secondary N) is 1. The average molecular weight is 359 g/mol. The molecule has 0 bridgehead atoms. The summed E-state index contributed by atoms with van der Waals surface area (Å²) in [4.78, 5) is 12.2. The molecule has 5 nitrogen and oxygen atoms in total. The van der Waals surface area contributed by atoms with Gasteiger partial charge in [0.2, 0.25) is 0 Å². The first kappa shape index (κ1) is 18.2. The zero-order chi connectivity index (χ0) is 17.8. The number of ether oxygens (including phenoxy) is 1. The number of piperidine rings is 1. The molecule has 1 unspecified atom stereocenters. The highest BCUT2D eigenvalue weighted by Gasteiger charge is 2.38. The van der Waals surface area contributed by atoms with Crippen LogP contribution in [-0.2, 0) is 4.74 Å². The second-order valence-corrected chi connectivity index (χ2v) is 8.47. The summed E-state index contributed by atoms with van der Waals surface area (Å²) >= 11 is 0. The molecule has 1 aromatic rings. The molecule has 4 rings (SSSR count). The lowest BCUT2D eigenvalue weighted by molar-refractivity contribution is 0.0437. The first-order valence-corrected chi connectivity index (χ1v) is 10.7. The summed E-state index contributed by atoms with van der Waals surface area (Å²) < 4.78 is 5.55. The number of nitrogens with zero attached hydrogens (tertiary/aromatic N) is 3. The SMILES string of the molecule is Cc1nc(NCC2(N3CCCCC3)CCCCC2)cc(C2CCOC2)n1. The zero-order valence-corrected chi connectivity index (χ0v) is 16.3. The molecule has 3 heterocycles. The van der Waals surface area contributed by atoms with Crippen LogP contribution in [0.5, 0.6) is 0 Å². The summed E-state index contributed by atoms with van der Waals surface area (Å²) in [5.74, 6) is 2.30. The van der Waals surface area contributed by atoms with Crippen molar-refractivity contribution in [2.75, 3.05) is 38.2 Å². The highest BCUT2D eigenvalue weighted by molar-refractivity contribution is 5.38. The molecular formula is C21H34N4O. The van der Waals surface area contributed by atoms with Gasteiger partial charge in [0.05, 0.1) is 12.3 Å². The molecule has 1 N–H and O–H groups in total. The van der Waals surface area contributed by atoms with Crippen LogP contribution in [0.25, 0.3) is 0 Å². The number of aromatic nitrogens is 2. The highest BCUT2D eigenvalue weighted by atomic mass is 16.5. The monoisotopic (exact) mass is 358 g/mol. The Morgan fingerprint density at radius 3 is 2.62 bits per heavy atom. The normalized spacial score (nSPS) is 26.7. The maximum absolute atomic E-state index is 5.55. The van der Waals surface area contributed by atoms with Gasteiger partial charge in [0.25, 0.3) is 0 Å². The van der Waals surface area contributed by atoms with E-state index < -0.39 is 0 Å². The number of aryl methyl sites for hydroxylation is 1. The van der Waals surface area contributed by atoms with Gasteiger partial charge in [-0.2, -0.15) is 0 Å². The van der Waals surface area contributed by atoms with Gasteiger partial charge in [0, 0.05) is 30.7 Å². The number of hydrogen-bond donors (Lipinski definition) is 1. The van der Waals surface area contributed by atoms with E-state index in [0.29, 0.717) is 11.5 Å². The Hall–Kier alpha value is -1.20. The van der Waals surface area contributed by atoms with E-state index in [-0.39, 0.29) is 0 Å². The summed E-state index contributed by atoms with van der Waals surface area (Å²) in [5.41, 5.74) is 1.47. The van der Waals surface area contributed by atoms with Crippen LogP contribution >= 0.6 is 0 Å². The number of likely N-dealkylation sites (tertiary alicyclic amines) is 1. The van der Waals surface area contributed by atoms with Crippen molar-refractivity contribution < 1.29 is 4.74 Å². The minimum Gasteiger partial charge on any atom is -0.381 e. The first-order valence-electron chi connectivity index (χ1n) is 10.7. The van der Waals surface area contributed by atoms with E-state index in [9.17, 15) is 0 Å². The van der Waals surface area contributed by atoms with Crippen LogP contribution in [-0.4, -0.2) is 53.3 Å². The number of rotatable bonds is 5. The average Bonchev–Trinajstić information content (AvgIpc) is 3.22. The van der Waals surface area contributed by atoms with E-state index in [1.54, 1.807) is 0 Å². The van der Waals surface area contributed by atoms with Crippen molar-refractivity contribution in [2.24, 2.45) is 0 Å². The van der Waals surface area contributed by atoms with Crippen molar-refractivity contribution in [2.45, 2.75) is 76.2 Å². The highest BCUT2D eigenvalue weighted by Crippen LogP contribution is 2.36. The summed E-state index contributed by atoms with van der Waals surface area (Å²) in [6.45, 7) is 7.22. The van der Waals surface area contributed by atoms with Gasteiger partial charge in [-0.15, -0.1) is 0 Å². The molecule has 1 saturated carbocycles. The van der Waals surface area contributed by atoms with Gasteiger partial charge in [-0.25, -0.2) is 9.97 Å². The minimum absolute atomic E-state index is 0.328. The molecule has 0 aromatic carbocycles. The second-order valence-electron chi connectivity index (χ2n) is 8.47. The molecule has 144 valence electrons. The lowest BCUT2D eigenvalue weighted by atomic mass is 9.79. The van der Waals surface area contributed by atoms with Crippen molar-refractivity contribution in [1.29, 1.82) is 0 Å². The Bertz CT molecular complexity index is 588. The number of anilines is 1. The van der Waals surface area contributed by atoms with E-state index in [2.05, 4.69) is 26.3 Å². The van der Waals surface area contributed by atoms with Crippen molar-refractivity contribution in [3.8, 4) is 0 Å². The van der Waals surface area contributed by atoms with Crippen LogP contribution in [0.15, 0.2) is 6.07 Å². The van der Waals surface area contributed by atoms with Gasteiger partial charge in [-0.3, -0.25) is 4.90 Å². The Balaban J connectivity index is 1.48. The maximum Gasteiger partial charge on any atom is 0.130 e. The van der Waals surface area contributed by atoms with Gasteiger partial charge >= 0.3 is 0 Å². The lowest BCUT2D eigenvalue weighted by Gasteiger charge is -2.48. The van der Waals surface area contributed by atoms with Crippen LogP contribution < -0.4 is 5.32 Å². The summed E-state index contributed by atoms with van der Waals surface area (Å²) in [6, 6.07) is 2.17. The standard InChI is InChI=1S/C21H34N4O/c1-17-23-19(18-8-13-26-15-18)14-20(24-17)22-16-21(9-4-2-5-10-21)25-11-6-3-7-12-25/h14,18H,2-13,15-16H2,1H3,(H,22,23,24). The first-order chi connectivity index (χ1) is 12.8. The maximum atomic E-state index is 5.55. The number of hydrogen-bond acceptors (Lipinski definition) is 5. The molecule has 5 heteroatoms. The van der Waals surface area contributed by atoms with Crippen LogP contribution in [0, 0.1) is 6.92 Å². The quantitative estimate of drug-likeness (QED) is 0.865. The minimum atomic E-state index is 0.328. The Morgan fingerprint density at radius 1 is 1.12 bits per heavy atom. The fourth-order valence-electron chi connectivity index (χ4n) is 5.10. The van der Waals surface area contributed by atoms with E-state index in [4.69, 9.17) is 4.74 Å². The predicted octanol–water partition coefficient (Wildman–Crippen LogP) is 3.89. The van der Waals surface area contributed by atoms with Crippen LogP contribution in [0.4, 0.5) is 5.82 Å². The third-order valence-electron chi connectivity index (χ3n) is 6.62.